The first-order chi connectivity index (χ1) is 9.81. The number of halogens is 2. The third-order valence-corrected chi connectivity index (χ3v) is 6.55. The molecule has 3 N–H and O–H groups in total. The summed E-state index contributed by atoms with van der Waals surface area (Å²) < 4.78 is 40.8. The Hall–Kier alpha value is -0.660. The molecule has 118 valence electrons. The van der Waals surface area contributed by atoms with Gasteiger partial charge in [0.25, 0.3) is 0 Å². The molecule has 2 rings (SSSR count). The summed E-state index contributed by atoms with van der Waals surface area (Å²) in [5.41, 5.74) is 5.28. The molecule has 0 amide bonds. The second-order valence-corrected chi connectivity index (χ2v) is 8.27. The Morgan fingerprint density at radius 2 is 2.05 bits per heavy atom. The molecule has 0 aromatic heterocycles. The smallest absolute Gasteiger partial charge is 0.241 e. The molecule has 1 aliphatic carbocycles. The van der Waals surface area contributed by atoms with Crippen LogP contribution in [-0.2, 0) is 10.0 Å². The van der Waals surface area contributed by atoms with Gasteiger partial charge in [-0.2, -0.15) is 0 Å². The van der Waals surface area contributed by atoms with Gasteiger partial charge in [-0.3, -0.25) is 0 Å². The Bertz CT molecular complexity index is 622. The highest BCUT2D eigenvalue weighted by Crippen LogP contribution is 2.30. The molecular formula is C14H20BrFN2O2S. The molecule has 0 spiro atoms. The van der Waals surface area contributed by atoms with Crippen molar-refractivity contribution < 1.29 is 12.8 Å². The molecule has 2 unspecified atom stereocenters. The number of sulfonamides is 1. The molecule has 1 aromatic rings. The second-order valence-electron chi connectivity index (χ2n) is 5.68. The number of rotatable bonds is 4. The molecule has 21 heavy (non-hydrogen) atoms. The number of anilines is 1. The van der Waals surface area contributed by atoms with Gasteiger partial charge in [-0.1, -0.05) is 26.2 Å². The maximum absolute atomic E-state index is 13.3. The normalized spacial score (nSPS) is 23.2. The Kier molecular flexibility index (Phi) is 5.27. The molecule has 0 bridgehead atoms. The first kappa shape index (κ1) is 16.7. The fourth-order valence-electron chi connectivity index (χ4n) is 2.74. The van der Waals surface area contributed by atoms with Crippen molar-refractivity contribution in [2.75, 3.05) is 12.3 Å². The van der Waals surface area contributed by atoms with E-state index in [1.54, 1.807) is 0 Å². The van der Waals surface area contributed by atoms with Gasteiger partial charge >= 0.3 is 0 Å². The number of nitrogens with one attached hydrogen (secondary N) is 1. The fraction of sp³-hybridized carbons (Fsp3) is 0.571. The third kappa shape index (κ3) is 3.96. The Balaban J connectivity index is 2.13. The minimum Gasteiger partial charge on any atom is -0.396 e. The number of hydrogen-bond acceptors (Lipinski definition) is 3. The molecule has 2 atom stereocenters. The lowest BCUT2D eigenvalue weighted by Crippen LogP contribution is -2.33. The van der Waals surface area contributed by atoms with E-state index < -0.39 is 15.8 Å². The van der Waals surface area contributed by atoms with Crippen LogP contribution in [0, 0.1) is 17.7 Å². The quantitative estimate of drug-likeness (QED) is 0.789. The van der Waals surface area contributed by atoms with Crippen molar-refractivity contribution in [3.8, 4) is 0 Å². The maximum atomic E-state index is 13.3. The molecule has 7 heteroatoms. The standard InChI is InChI=1S/C14H20BrFN2O2S/c1-9-4-2-3-5-10(9)8-18-21(19,20)14-7-13(17)12(16)6-11(14)15/h6-7,9-10,18H,2-5,8,17H2,1H3. The predicted molar refractivity (Wildman–Crippen MR) is 84.8 cm³/mol. The van der Waals surface area contributed by atoms with Crippen molar-refractivity contribution in [2.24, 2.45) is 11.8 Å². The van der Waals surface area contributed by atoms with Crippen LogP contribution in [0.2, 0.25) is 0 Å². The first-order valence-corrected chi connectivity index (χ1v) is 9.33. The summed E-state index contributed by atoms with van der Waals surface area (Å²) in [6, 6.07) is 2.22. The van der Waals surface area contributed by atoms with Crippen LogP contribution < -0.4 is 10.5 Å². The van der Waals surface area contributed by atoms with Crippen LogP contribution in [-0.4, -0.2) is 15.0 Å². The monoisotopic (exact) mass is 378 g/mol. The van der Waals surface area contributed by atoms with Crippen molar-refractivity contribution in [1.29, 1.82) is 0 Å². The molecule has 1 fully saturated rings. The van der Waals surface area contributed by atoms with Crippen molar-refractivity contribution >= 4 is 31.6 Å². The van der Waals surface area contributed by atoms with Gasteiger partial charge < -0.3 is 5.73 Å². The third-order valence-electron chi connectivity index (χ3n) is 4.17. The van der Waals surface area contributed by atoms with Crippen molar-refractivity contribution in [3.05, 3.63) is 22.4 Å². The second kappa shape index (κ2) is 6.62. The highest BCUT2D eigenvalue weighted by molar-refractivity contribution is 9.10. The van der Waals surface area contributed by atoms with Gasteiger partial charge in [-0.15, -0.1) is 0 Å². The summed E-state index contributed by atoms with van der Waals surface area (Å²) >= 11 is 3.08. The zero-order chi connectivity index (χ0) is 15.6. The van der Waals surface area contributed by atoms with E-state index in [2.05, 4.69) is 27.6 Å². The van der Waals surface area contributed by atoms with Crippen LogP contribution in [0.15, 0.2) is 21.5 Å². The molecule has 4 nitrogen and oxygen atoms in total. The lowest BCUT2D eigenvalue weighted by Gasteiger charge is -2.28. The summed E-state index contributed by atoms with van der Waals surface area (Å²) in [7, 11) is -3.70. The minimum absolute atomic E-state index is 0.0233. The van der Waals surface area contributed by atoms with Crippen LogP contribution in [0.1, 0.15) is 32.6 Å². The maximum Gasteiger partial charge on any atom is 0.241 e. The van der Waals surface area contributed by atoms with E-state index in [0.29, 0.717) is 18.4 Å². The van der Waals surface area contributed by atoms with Crippen LogP contribution in [0.3, 0.4) is 0 Å². The average molecular weight is 379 g/mol. The molecular weight excluding hydrogens is 359 g/mol. The number of benzene rings is 1. The zero-order valence-corrected chi connectivity index (χ0v) is 14.3. The van der Waals surface area contributed by atoms with Crippen LogP contribution in [0.5, 0.6) is 0 Å². The average Bonchev–Trinajstić information content (AvgIpc) is 2.42. The Morgan fingerprint density at radius 3 is 2.71 bits per heavy atom. The highest BCUT2D eigenvalue weighted by atomic mass is 79.9. The highest BCUT2D eigenvalue weighted by Gasteiger charge is 2.25. The van der Waals surface area contributed by atoms with Crippen molar-refractivity contribution in [3.63, 3.8) is 0 Å². The van der Waals surface area contributed by atoms with Crippen LogP contribution >= 0.6 is 15.9 Å². The predicted octanol–water partition coefficient (Wildman–Crippen LogP) is 3.28. The molecule has 0 heterocycles. The zero-order valence-electron chi connectivity index (χ0n) is 11.9. The summed E-state index contributed by atoms with van der Waals surface area (Å²) in [6.45, 7) is 2.57. The van der Waals surface area contributed by atoms with Gasteiger partial charge in [-0.25, -0.2) is 17.5 Å². The minimum atomic E-state index is -3.70. The van der Waals surface area contributed by atoms with Crippen LogP contribution in [0.25, 0.3) is 0 Å². The van der Waals surface area contributed by atoms with E-state index in [-0.39, 0.29) is 15.1 Å². The lowest BCUT2D eigenvalue weighted by molar-refractivity contribution is 0.257. The summed E-state index contributed by atoms with van der Waals surface area (Å²) in [5, 5.41) is 0. The van der Waals surface area contributed by atoms with E-state index in [4.69, 9.17) is 5.73 Å². The first-order valence-electron chi connectivity index (χ1n) is 7.05. The summed E-state index contributed by atoms with van der Waals surface area (Å²) in [6.07, 6.45) is 4.53. The molecule has 0 aliphatic heterocycles. The van der Waals surface area contributed by atoms with Crippen molar-refractivity contribution in [2.45, 2.75) is 37.5 Å². The molecule has 1 saturated carbocycles. The Morgan fingerprint density at radius 1 is 1.38 bits per heavy atom. The van der Waals surface area contributed by atoms with Gasteiger partial charge in [0, 0.05) is 11.0 Å². The number of nitrogen functional groups attached to an aromatic ring is 1. The van der Waals surface area contributed by atoms with E-state index in [0.717, 1.165) is 31.4 Å². The molecule has 0 saturated heterocycles. The van der Waals surface area contributed by atoms with Gasteiger partial charge in [0.2, 0.25) is 10.0 Å². The SMILES string of the molecule is CC1CCCCC1CNS(=O)(=O)c1cc(N)c(F)cc1Br. The van der Waals surface area contributed by atoms with E-state index in [9.17, 15) is 12.8 Å². The summed E-state index contributed by atoms with van der Waals surface area (Å²) in [5.74, 6) is 0.231. The van der Waals surface area contributed by atoms with Gasteiger partial charge in [0.15, 0.2) is 0 Å². The topological polar surface area (TPSA) is 72.2 Å². The van der Waals surface area contributed by atoms with E-state index in [1.165, 1.54) is 6.42 Å². The largest absolute Gasteiger partial charge is 0.396 e. The van der Waals surface area contributed by atoms with E-state index in [1.807, 2.05) is 0 Å². The molecule has 1 aliphatic rings. The fourth-order valence-corrected chi connectivity index (χ4v) is 4.88. The van der Waals surface area contributed by atoms with Gasteiger partial charge in [-0.05, 0) is 46.3 Å². The van der Waals surface area contributed by atoms with Crippen LogP contribution in [0.4, 0.5) is 10.1 Å². The number of nitrogens with two attached hydrogens (primary N) is 1. The van der Waals surface area contributed by atoms with Crippen molar-refractivity contribution in [1.82, 2.24) is 4.72 Å². The molecule has 1 aromatic carbocycles. The summed E-state index contributed by atoms with van der Waals surface area (Å²) in [4.78, 5) is -0.0233. The van der Waals surface area contributed by atoms with E-state index >= 15 is 0 Å². The lowest BCUT2D eigenvalue weighted by atomic mass is 9.81. The van der Waals surface area contributed by atoms with Gasteiger partial charge in [0.1, 0.15) is 5.82 Å². The number of hydrogen-bond donors (Lipinski definition) is 2. The Labute approximate surface area is 133 Å². The molecule has 0 radical (unpaired) electrons. The van der Waals surface area contributed by atoms with Gasteiger partial charge in [0.05, 0.1) is 10.6 Å².